The monoisotopic (exact) mass is 345 g/mol. The van der Waals surface area contributed by atoms with Gasteiger partial charge in [0.2, 0.25) is 0 Å². The van der Waals surface area contributed by atoms with E-state index in [1.807, 2.05) is 48.5 Å². The zero-order chi connectivity index (χ0) is 18.1. The second kappa shape index (κ2) is 6.71. The Kier molecular flexibility index (Phi) is 4.25. The van der Waals surface area contributed by atoms with Crippen molar-refractivity contribution in [2.75, 3.05) is 0 Å². The van der Waals surface area contributed by atoms with E-state index in [9.17, 15) is 14.4 Å². The smallest absolute Gasteiger partial charge is 0.254 e. The molecule has 0 radical (unpaired) electrons. The molecule has 0 aromatic heterocycles. The summed E-state index contributed by atoms with van der Waals surface area (Å²) in [6.07, 6.45) is 5.18. The summed E-state index contributed by atoms with van der Waals surface area (Å²) >= 11 is 0. The predicted octanol–water partition coefficient (Wildman–Crippen LogP) is 3.41. The molecular weight excluding hydrogens is 326 g/mol. The van der Waals surface area contributed by atoms with Crippen LogP contribution in [-0.2, 0) is 22.4 Å². The van der Waals surface area contributed by atoms with Crippen LogP contribution in [0.5, 0.6) is 0 Å². The summed E-state index contributed by atoms with van der Waals surface area (Å²) in [6.45, 7) is 0. The molecule has 0 unspecified atom stereocenters. The molecule has 0 saturated carbocycles. The highest BCUT2D eigenvalue weighted by molar-refractivity contribution is 6.13. The molecular formula is C22H19NO3. The summed E-state index contributed by atoms with van der Waals surface area (Å²) in [5, 5.41) is 0. The SMILES string of the molecule is O=C(CCc1ccccc1)c1cccc2c1CC[C@@H]2N1C(=O)C=CC1=O. The summed E-state index contributed by atoms with van der Waals surface area (Å²) in [5.74, 6) is -0.425. The lowest BCUT2D eigenvalue weighted by molar-refractivity contribution is -0.139. The largest absolute Gasteiger partial charge is 0.294 e. The zero-order valence-electron chi connectivity index (χ0n) is 14.4. The van der Waals surface area contributed by atoms with E-state index >= 15 is 0 Å². The molecule has 1 aliphatic carbocycles. The molecule has 4 nitrogen and oxygen atoms in total. The average Bonchev–Trinajstić information content (AvgIpc) is 3.23. The Labute approximate surface area is 152 Å². The summed E-state index contributed by atoms with van der Waals surface area (Å²) in [5.41, 5.74) is 3.79. The van der Waals surface area contributed by atoms with Gasteiger partial charge in [-0.1, -0.05) is 48.5 Å². The number of Topliss-reactive ketones (excluding diaryl/α,β-unsaturated/α-hetero) is 1. The maximum absolute atomic E-state index is 12.8. The third-order valence-electron chi connectivity index (χ3n) is 5.18. The molecule has 0 saturated heterocycles. The van der Waals surface area contributed by atoms with Gasteiger partial charge in [0.15, 0.2) is 5.78 Å². The van der Waals surface area contributed by atoms with Crippen LogP contribution in [-0.4, -0.2) is 22.5 Å². The first-order valence-electron chi connectivity index (χ1n) is 8.89. The quantitative estimate of drug-likeness (QED) is 0.616. The van der Waals surface area contributed by atoms with E-state index in [2.05, 4.69) is 0 Å². The van der Waals surface area contributed by atoms with Crippen LogP contribution in [0.2, 0.25) is 0 Å². The molecule has 2 aliphatic rings. The fourth-order valence-electron chi connectivity index (χ4n) is 3.92. The molecule has 130 valence electrons. The number of amides is 2. The zero-order valence-corrected chi connectivity index (χ0v) is 14.4. The van der Waals surface area contributed by atoms with E-state index < -0.39 is 0 Å². The standard InChI is InChI=1S/C22H19NO3/c24-20(12-9-15-5-2-1-3-6-15)18-8-4-7-17-16(18)10-11-19(17)23-21(25)13-14-22(23)26/h1-8,13-14,19H,9-12H2/t19-/m0/s1. The number of carbonyl (C=O) groups excluding carboxylic acids is 3. The van der Waals surface area contributed by atoms with Gasteiger partial charge < -0.3 is 0 Å². The third-order valence-corrected chi connectivity index (χ3v) is 5.18. The fraction of sp³-hybridized carbons (Fsp3) is 0.227. The maximum atomic E-state index is 12.8. The van der Waals surface area contributed by atoms with Crippen molar-refractivity contribution in [3.05, 3.63) is 82.9 Å². The number of hydrogen-bond donors (Lipinski definition) is 0. The Hall–Kier alpha value is -3.01. The van der Waals surface area contributed by atoms with E-state index in [4.69, 9.17) is 0 Å². The van der Waals surface area contributed by atoms with Crippen LogP contribution in [0.4, 0.5) is 0 Å². The van der Waals surface area contributed by atoms with Gasteiger partial charge in [0, 0.05) is 24.1 Å². The van der Waals surface area contributed by atoms with Crippen molar-refractivity contribution in [1.82, 2.24) is 4.90 Å². The Morgan fingerprint density at radius 3 is 2.42 bits per heavy atom. The Morgan fingerprint density at radius 1 is 0.962 bits per heavy atom. The highest BCUT2D eigenvalue weighted by Crippen LogP contribution is 2.39. The number of ketones is 1. The van der Waals surface area contributed by atoms with E-state index in [0.717, 1.165) is 22.3 Å². The summed E-state index contributed by atoms with van der Waals surface area (Å²) in [7, 11) is 0. The topological polar surface area (TPSA) is 54.5 Å². The van der Waals surface area contributed by atoms with Gasteiger partial charge in [-0.3, -0.25) is 19.3 Å². The molecule has 26 heavy (non-hydrogen) atoms. The first-order chi connectivity index (χ1) is 12.6. The van der Waals surface area contributed by atoms with Crippen LogP contribution >= 0.6 is 0 Å². The molecule has 2 aromatic rings. The van der Waals surface area contributed by atoms with Gasteiger partial charge >= 0.3 is 0 Å². The number of hydrogen-bond acceptors (Lipinski definition) is 3. The minimum Gasteiger partial charge on any atom is -0.294 e. The molecule has 1 aliphatic heterocycles. The van der Waals surface area contributed by atoms with Gasteiger partial charge in [-0.05, 0) is 36.0 Å². The van der Waals surface area contributed by atoms with Crippen LogP contribution in [0.15, 0.2) is 60.7 Å². The first-order valence-corrected chi connectivity index (χ1v) is 8.89. The number of imide groups is 1. The minimum absolute atomic E-state index is 0.114. The van der Waals surface area contributed by atoms with Gasteiger partial charge in [0.1, 0.15) is 0 Å². The first kappa shape index (κ1) is 16.5. The lowest BCUT2D eigenvalue weighted by atomic mass is 9.95. The number of benzene rings is 2. The van der Waals surface area contributed by atoms with Crippen molar-refractivity contribution in [3.8, 4) is 0 Å². The molecule has 0 fully saturated rings. The van der Waals surface area contributed by atoms with Gasteiger partial charge in [0.05, 0.1) is 6.04 Å². The Balaban J connectivity index is 1.55. The normalized spacial score (nSPS) is 18.5. The highest BCUT2D eigenvalue weighted by Gasteiger charge is 2.37. The number of aryl methyl sites for hydroxylation is 1. The van der Waals surface area contributed by atoms with Crippen LogP contribution in [0.1, 0.15) is 45.9 Å². The van der Waals surface area contributed by atoms with Gasteiger partial charge in [-0.25, -0.2) is 0 Å². The Morgan fingerprint density at radius 2 is 1.69 bits per heavy atom. The van der Waals surface area contributed by atoms with E-state index in [-0.39, 0.29) is 23.6 Å². The number of nitrogens with zero attached hydrogens (tertiary/aromatic N) is 1. The van der Waals surface area contributed by atoms with E-state index in [1.54, 1.807) is 0 Å². The van der Waals surface area contributed by atoms with E-state index in [1.165, 1.54) is 17.1 Å². The van der Waals surface area contributed by atoms with Gasteiger partial charge in [0.25, 0.3) is 11.8 Å². The molecule has 4 heteroatoms. The molecule has 4 rings (SSSR count). The van der Waals surface area contributed by atoms with Crippen molar-refractivity contribution in [2.45, 2.75) is 31.7 Å². The van der Waals surface area contributed by atoms with Gasteiger partial charge in [-0.2, -0.15) is 0 Å². The molecule has 1 heterocycles. The van der Waals surface area contributed by atoms with Crippen molar-refractivity contribution in [2.24, 2.45) is 0 Å². The van der Waals surface area contributed by atoms with Crippen molar-refractivity contribution in [1.29, 1.82) is 0 Å². The predicted molar refractivity (Wildman–Crippen MR) is 97.6 cm³/mol. The van der Waals surface area contributed by atoms with Crippen LogP contribution in [0, 0.1) is 0 Å². The molecule has 2 aromatic carbocycles. The molecule has 0 N–H and O–H groups in total. The molecule has 1 atom stereocenters. The second-order valence-corrected chi connectivity index (χ2v) is 6.72. The molecule has 2 amide bonds. The van der Waals surface area contributed by atoms with Crippen LogP contribution in [0.3, 0.4) is 0 Å². The highest BCUT2D eigenvalue weighted by atomic mass is 16.2. The van der Waals surface area contributed by atoms with Crippen LogP contribution < -0.4 is 0 Å². The van der Waals surface area contributed by atoms with Crippen molar-refractivity contribution < 1.29 is 14.4 Å². The third kappa shape index (κ3) is 2.88. The Bertz CT molecular complexity index is 896. The molecule has 0 bridgehead atoms. The lowest BCUT2D eigenvalue weighted by Crippen LogP contribution is -2.33. The second-order valence-electron chi connectivity index (χ2n) is 6.72. The lowest BCUT2D eigenvalue weighted by Gasteiger charge is -2.23. The summed E-state index contributed by atoms with van der Waals surface area (Å²) in [4.78, 5) is 38.1. The van der Waals surface area contributed by atoms with Crippen LogP contribution in [0.25, 0.3) is 0 Å². The summed E-state index contributed by atoms with van der Waals surface area (Å²) in [6, 6.07) is 15.3. The van der Waals surface area contributed by atoms with Crippen molar-refractivity contribution in [3.63, 3.8) is 0 Å². The molecule has 0 spiro atoms. The number of fused-ring (bicyclic) bond motifs is 1. The fourth-order valence-corrected chi connectivity index (χ4v) is 3.92. The average molecular weight is 345 g/mol. The van der Waals surface area contributed by atoms with E-state index in [0.29, 0.717) is 25.7 Å². The van der Waals surface area contributed by atoms with Gasteiger partial charge in [-0.15, -0.1) is 0 Å². The van der Waals surface area contributed by atoms with Crippen molar-refractivity contribution >= 4 is 17.6 Å². The number of rotatable bonds is 5. The maximum Gasteiger partial charge on any atom is 0.254 e. The number of carbonyl (C=O) groups is 3. The summed E-state index contributed by atoms with van der Waals surface area (Å²) < 4.78 is 0. The minimum atomic E-state index is -0.270.